The van der Waals surface area contributed by atoms with E-state index >= 15 is 0 Å². The van der Waals surface area contributed by atoms with Crippen molar-refractivity contribution < 1.29 is 27.2 Å². The molecule has 0 bridgehead atoms. The Hall–Kier alpha value is -3.58. The number of carbonyl (C=O) groups excluding carboxylic acids is 2. The van der Waals surface area contributed by atoms with Crippen molar-refractivity contribution in [3.63, 3.8) is 0 Å². The van der Waals surface area contributed by atoms with Crippen LogP contribution in [0.5, 0.6) is 0 Å². The first kappa shape index (κ1) is 22.6. The van der Waals surface area contributed by atoms with Crippen LogP contribution < -0.4 is 10.6 Å². The number of rotatable bonds is 6. The molecule has 0 spiro atoms. The standard InChI is InChI=1S/C22H16ClF3N4O3/c23-14-3-1-2-12(8-14)19(31)29-16(20(32)30-21(11-27)6-7-21)10-18-28-15-5-4-13(22(24,25)26)9-17(15)33-18/h1-5,8-9,16H,6-7,10H2,(H,29,31)(H,30,32)/t16-/m0/s1. The molecule has 7 nitrogen and oxygen atoms in total. The van der Waals surface area contributed by atoms with Gasteiger partial charge >= 0.3 is 6.18 Å². The van der Waals surface area contributed by atoms with Gasteiger partial charge in [0, 0.05) is 10.6 Å². The van der Waals surface area contributed by atoms with Crippen LogP contribution in [0.2, 0.25) is 5.02 Å². The lowest BCUT2D eigenvalue weighted by atomic mass is 10.1. The lowest BCUT2D eigenvalue weighted by molar-refractivity contribution is -0.137. The van der Waals surface area contributed by atoms with E-state index < -0.39 is 35.1 Å². The third-order valence-corrected chi connectivity index (χ3v) is 5.41. The average molecular weight is 477 g/mol. The van der Waals surface area contributed by atoms with E-state index in [-0.39, 0.29) is 29.0 Å². The molecule has 11 heteroatoms. The van der Waals surface area contributed by atoms with E-state index in [4.69, 9.17) is 16.0 Å². The summed E-state index contributed by atoms with van der Waals surface area (Å²) in [7, 11) is 0. The Morgan fingerprint density at radius 1 is 1.24 bits per heavy atom. The second-order valence-corrected chi connectivity index (χ2v) is 8.15. The van der Waals surface area contributed by atoms with E-state index in [1.165, 1.54) is 18.2 Å². The Kier molecular flexibility index (Phi) is 5.76. The Labute approximate surface area is 190 Å². The molecule has 1 aliphatic carbocycles. The minimum Gasteiger partial charge on any atom is -0.441 e. The van der Waals surface area contributed by atoms with Crippen LogP contribution in [0.3, 0.4) is 0 Å². The van der Waals surface area contributed by atoms with Crippen LogP contribution >= 0.6 is 11.6 Å². The number of aromatic nitrogens is 1. The molecule has 2 aromatic carbocycles. The predicted molar refractivity (Wildman–Crippen MR) is 111 cm³/mol. The van der Waals surface area contributed by atoms with Crippen molar-refractivity contribution in [1.82, 2.24) is 15.6 Å². The fourth-order valence-corrected chi connectivity index (χ4v) is 3.39. The van der Waals surface area contributed by atoms with Gasteiger partial charge in [0.05, 0.1) is 18.1 Å². The maximum atomic E-state index is 13.0. The first-order chi connectivity index (χ1) is 15.6. The van der Waals surface area contributed by atoms with Gasteiger partial charge < -0.3 is 15.1 Å². The number of nitrogens with zero attached hydrogens (tertiary/aromatic N) is 2. The number of halogens is 4. The molecule has 1 saturated carbocycles. The van der Waals surface area contributed by atoms with Gasteiger partial charge in [-0.2, -0.15) is 18.4 Å². The number of fused-ring (bicyclic) bond motifs is 1. The quantitative estimate of drug-likeness (QED) is 0.559. The van der Waals surface area contributed by atoms with Crippen LogP contribution in [0, 0.1) is 11.3 Å². The fourth-order valence-electron chi connectivity index (χ4n) is 3.20. The van der Waals surface area contributed by atoms with Crippen molar-refractivity contribution in [2.75, 3.05) is 0 Å². The summed E-state index contributed by atoms with van der Waals surface area (Å²) >= 11 is 5.92. The highest BCUT2D eigenvalue weighted by atomic mass is 35.5. The third-order valence-electron chi connectivity index (χ3n) is 5.17. The van der Waals surface area contributed by atoms with Crippen LogP contribution in [-0.2, 0) is 17.4 Å². The summed E-state index contributed by atoms with van der Waals surface area (Å²) in [6, 6.07) is 9.77. The van der Waals surface area contributed by atoms with Crippen molar-refractivity contribution in [2.24, 2.45) is 0 Å². The summed E-state index contributed by atoms with van der Waals surface area (Å²) in [6.45, 7) is 0. The molecule has 1 atom stereocenters. The lowest BCUT2D eigenvalue weighted by Crippen LogP contribution is -2.51. The van der Waals surface area contributed by atoms with E-state index in [9.17, 15) is 28.0 Å². The highest BCUT2D eigenvalue weighted by molar-refractivity contribution is 6.31. The molecule has 170 valence electrons. The van der Waals surface area contributed by atoms with Gasteiger partial charge in [-0.1, -0.05) is 17.7 Å². The summed E-state index contributed by atoms with van der Waals surface area (Å²) in [4.78, 5) is 29.7. The molecule has 2 N–H and O–H groups in total. The van der Waals surface area contributed by atoms with E-state index in [0.29, 0.717) is 17.9 Å². The Balaban J connectivity index is 1.59. The minimum atomic E-state index is -4.55. The smallest absolute Gasteiger partial charge is 0.416 e. The topological polar surface area (TPSA) is 108 Å². The van der Waals surface area contributed by atoms with Crippen molar-refractivity contribution >= 4 is 34.5 Å². The molecule has 33 heavy (non-hydrogen) atoms. The molecule has 3 aromatic rings. The molecule has 0 radical (unpaired) electrons. The molecular formula is C22H16ClF3N4O3. The predicted octanol–water partition coefficient (Wildman–Crippen LogP) is 4.01. The maximum absolute atomic E-state index is 13.0. The Morgan fingerprint density at radius 3 is 2.64 bits per heavy atom. The van der Waals surface area contributed by atoms with E-state index in [1.807, 2.05) is 6.07 Å². The van der Waals surface area contributed by atoms with E-state index in [1.54, 1.807) is 12.1 Å². The van der Waals surface area contributed by atoms with Gasteiger partial charge in [0.15, 0.2) is 11.5 Å². The fraction of sp³-hybridized carbons (Fsp3) is 0.273. The molecule has 0 aliphatic heterocycles. The molecule has 1 aromatic heterocycles. The maximum Gasteiger partial charge on any atom is 0.416 e. The summed E-state index contributed by atoms with van der Waals surface area (Å²) in [5.41, 5.74) is -1.61. The van der Waals surface area contributed by atoms with E-state index in [2.05, 4.69) is 15.6 Å². The largest absolute Gasteiger partial charge is 0.441 e. The highest BCUT2D eigenvalue weighted by Crippen LogP contribution is 2.34. The van der Waals surface area contributed by atoms with Crippen LogP contribution in [0.15, 0.2) is 46.9 Å². The van der Waals surface area contributed by atoms with Crippen LogP contribution in [0.4, 0.5) is 13.2 Å². The van der Waals surface area contributed by atoms with Crippen molar-refractivity contribution in [2.45, 2.75) is 37.0 Å². The van der Waals surface area contributed by atoms with Crippen LogP contribution in [0.1, 0.15) is 34.7 Å². The van der Waals surface area contributed by atoms with Crippen molar-refractivity contribution in [3.05, 3.63) is 64.5 Å². The normalized spacial score (nSPS) is 15.5. The van der Waals surface area contributed by atoms with Crippen molar-refractivity contribution in [1.29, 1.82) is 5.26 Å². The number of nitriles is 1. The zero-order chi connectivity index (χ0) is 23.8. The zero-order valence-electron chi connectivity index (χ0n) is 16.9. The first-order valence-corrected chi connectivity index (χ1v) is 10.2. The molecule has 4 rings (SSSR count). The third kappa shape index (κ3) is 5.09. The van der Waals surface area contributed by atoms with Gasteiger partial charge in [-0.3, -0.25) is 9.59 Å². The zero-order valence-corrected chi connectivity index (χ0v) is 17.6. The van der Waals surface area contributed by atoms with Gasteiger partial charge in [0.1, 0.15) is 17.1 Å². The molecule has 0 saturated heterocycles. The number of hydrogen-bond donors (Lipinski definition) is 2. The summed E-state index contributed by atoms with van der Waals surface area (Å²) in [6.07, 6.45) is -3.83. The lowest BCUT2D eigenvalue weighted by Gasteiger charge is -2.19. The molecule has 1 heterocycles. The summed E-state index contributed by atoms with van der Waals surface area (Å²) in [5.74, 6) is -1.28. The van der Waals surface area contributed by atoms with Gasteiger partial charge in [-0.25, -0.2) is 4.98 Å². The second-order valence-electron chi connectivity index (χ2n) is 7.71. The summed E-state index contributed by atoms with van der Waals surface area (Å²) < 4.78 is 44.3. The second kappa shape index (κ2) is 8.41. The molecule has 0 unspecified atom stereocenters. The van der Waals surface area contributed by atoms with Gasteiger partial charge in [-0.15, -0.1) is 0 Å². The highest BCUT2D eigenvalue weighted by Gasteiger charge is 2.46. The number of benzene rings is 2. The van der Waals surface area contributed by atoms with Gasteiger partial charge in [0.2, 0.25) is 5.91 Å². The minimum absolute atomic E-state index is 0.0438. The number of nitrogens with one attached hydrogen (secondary N) is 2. The van der Waals surface area contributed by atoms with Crippen LogP contribution in [0.25, 0.3) is 11.1 Å². The van der Waals surface area contributed by atoms with Gasteiger partial charge in [0.25, 0.3) is 5.91 Å². The number of oxazole rings is 1. The first-order valence-electron chi connectivity index (χ1n) is 9.85. The molecule has 1 aliphatic rings. The number of amides is 2. The Morgan fingerprint density at radius 2 is 2.00 bits per heavy atom. The number of hydrogen-bond acceptors (Lipinski definition) is 5. The van der Waals surface area contributed by atoms with Crippen LogP contribution in [-0.4, -0.2) is 28.4 Å². The summed E-state index contributed by atoms with van der Waals surface area (Å²) in [5, 5.41) is 14.8. The van der Waals surface area contributed by atoms with Gasteiger partial charge in [-0.05, 0) is 49.2 Å². The van der Waals surface area contributed by atoms with Crippen molar-refractivity contribution in [3.8, 4) is 6.07 Å². The van der Waals surface area contributed by atoms with E-state index in [0.717, 1.165) is 12.1 Å². The number of carbonyl (C=O) groups is 2. The molecular weight excluding hydrogens is 461 g/mol. The average Bonchev–Trinajstić information content (AvgIpc) is 3.41. The molecule has 2 amide bonds. The Bertz CT molecular complexity index is 1280. The SMILES string of the molecule is N#CC1(NC(=O)[C@H](Cc2nc3ccc(C(F)(F)F)cc3o2)NC(=O)c2cccc(Cl)c2)CC1. The monoisotopic (exact) mass is 476 g/mol. The molecule has 1 fully saturated rings. The number of alkyl halides is 3.